The van der Waals surface area contributed by atoms with Gasteiger partial charge in [-0.1, -0.05) is 6.07 Å². The molecule has 0 bridgehead atoms. The number of piperidine rings is 1. The summed E-state index contributed by atoms with van der Waals surface area (Å²) in [6.07, 6.45) is 0.317. The number of halogens is 2. The minimum absolute atomic E-state index is 0.138. The van der Waals surface area contributed by atoms with Gasteiger partial charge in [-0.2, -0.15) is 0 Å². The van der Waals surface area contributed by atoms with Crippen LogP contribution in [0.15, 0.2) is 18.2 Å². The molecule has 28 heavy (non-hydrogen) atoms. The number of carbonyl (C=O) groups is 2. The number of esters is 1. The maximum absolute atomic E-state index is 13.7. The second-order valence-electron chi connectivity index (χ2n) is 8.09. The lowest BCUT2D eigenvalue weighted by Gasteiger charge is -2.43. The summed E-state index contributed by atoms with van der Waals surface area (Å²) in [6.45, 7) is 6.96. The molecule has 2 N–H and O–H groups in total. The molecule has 6 nitrogen and oxygen atoms in total. The fraction of sp³-hybridized carbons (Fsp3) is 0.600. The zero-order valence-corrected chi connectivity index (χ0v) is 16.7. The third-order valence-electron chi connectivity index (χ3n) is 4.65. The van der Waals surface area contributed by atoms with Crippen molar-refractivity contribution in [2.24, 2.45) is 5.73 Å². The van der Waals surface area contributed by atoms with Gasteiger partial charge in [0.1, 0.15) is 5.60 Å². The van der Waals surface area contributed by atoms with Gasteiger partial charge in [0, 0.05) is 37.9 Å². The predicted octanol–water partition coefficient (Wildman–Crippen LogP) is 3.34. The molecule has 0 radical (unpaired) electrons. The Hall–Kier alpha value is -2.22. The number of hydrogen-bond donors (Lipinski definition) is 1. The molecular weight excluding hydrogens is 370 g/mol. The minimum Gasteiger partial charge on any atom is -0.466 e. The number of nitrogens with zero attached hydrogens (tertiary/aromatic N) is 1. The van der Waals surface area contributed by atoms with E-state index in [0.29, 0.717) is 18.4 Å². The number of nitrogens with two attached hydrogens (primary N) is 1. The highest BCUT2D eigenvalue weighted by molar-refractivity contribution is 5.69. The predicted molar refractivity (Wildman–Crippen MR) is 99.7 cm³/mol. The Morgan fingerprint density at radius 2 is 1.93 bits per heavy atom. The third kappa shape index (κ3) is 5.89. The van der Waals surface area contributed by atoms with Gasteiger partial charge in [0.15, 0.2) is 11.6 Å². The number of hydrogen-bond acceptors (Lipinski definition) is 5. The highest BCUT2D eigenvalue weighted by atomic mass is 19.2. The van der Waals surface area contributed by atoms with Gasteiger partial charge in [-0.3, -0.25) is 4.79 Å². The van der Waals surface area contributed by atoms with E-state index in [-0.39, 0.29) is 25.1 Å². The maximum atomic E-state index is 13.7. The van der Waals surface area contributed by atoms with Gasteiger partial charge in [-0.15, -0.1) is 0 Å². The van der Waals surface area contributed by atoms with Gasteiger partial charge < -0.3 is 20.1 Å². The van der Waals surface area contributed by atoms with Crippen molar-refractivity contribution < 1.29 is 27.8 Å². The van der Waals surface area contributed by atoms with Crippen LogP contribution < -0.4 is 5.73 Å². The molecular formula is C20H28F2N2O4. The number of rotatable bonds is 4. The Morgan fingerprint density at radius 3 is 2.50 bits per heavy atom. The second-order valence-corrected chi connectivity index (χ2v) is 8.09. The number of benzene rings is 1. The zero-order valence-electron chi connectivity index (χ0n) is 16.7. The van der Waals surface area contributed by atoms with E-state index in [1.165, 1.54) is 17.9 Å². The summed E-state index contributed by atoms with van der Waals surface area (Å²) in [5, 5.41) is 0. The summed E-state index contributed by atoms with van der Waals surface area (Å²) >= 11 is 0. The minimum atomic E-state index is -0.935. The van der Waals surface area contributed by atoms with Crippen LogP contribution in [0.3, 0.4) is 0 Å². The Balaban J connectivity index is 2.21. The van der Waals surface area contributed by atoms with E-state index in [0.717, 1.165) is 12.1 Å². The molecule has 1 aromatic rings. The van der Waals surface area contributed by atoms with Crippen LogP contribution >= 0.6 is 0 Å². The van der Waals surface area contributed by atoms with Crippen LogP contribution in [0.25, 0.3) is 0 Å². The zero-order chi connectivity index (χ0) is 21.1. The van der Waals surface area contributed by atoms with Crippen LogP contribution in [-0.2, 0) is 14.3 Å². The lowest BCUT2D eigenvalue weighted by Crippen LogP contribution is -2.55. The van der Waals surface area contributed by atoms with Crippen LogP contribution in [-0.4, -0.2) is 47.8 Å². The molecule has 8 heteroatoms. The van der Waals surface area contributed by atoms with Crippen molar-refractivity contribution in [1.29, 1.82) is 0 Å². The quantitative estimate of drug-likeness (QED) is 0.787. The Morgan fingerprint density at radius 1 is 1.25 bits per heavy atom. The van der Waals surface area contributed by atoms with Crippen molar-refractivity contribution >= 4 is 12.1 Å². The third-order valence-corrected chi connectivity index (χ3v) is 4.65. The summed E-state index contributed by atoms with van der Waals surface area (Å²) < 4.78 is 37.5. The van der Waals surface area contributed by atoms with E-state index in [1.54, 1.807) is 20.8 Å². The second kappa shape index (κ2) is 8.86. The lowest BCUT2D eigenvalue weighted by molar-refractivity contribution is -0.141. The number of amides is 1. The van der Waals surface area contributed by atoms with Gasteiger partial charge in [0.05, 0.1) is 6.61 Å². The molecule has 1 amide bonds. The first kappa shape index (κ1) is 22.1. The smallest absolute Gasteiger partial charge is 0.410 e. The summed E-state index contributed by atoms with van der Waals surface area (Å²) in [6, 6.07) is 2.95. The van der Waals surface area contributed by atoms with Crippen LogP contribution in [0.4, 0.5) is 13.6 Å². The van der Waals surface area contributed by atoms with Gasteiger partial charge in [0.2, 0.25) is 0 Å². The van der Waals surface area contributed by atoms with Gasteiger partial charge in [-0.25, -0.2) is 13.6 Å². The molecule has 0 aromatic heterocycles. The average Bonchev–Trinajstić information content (AvgIpc) is 2.56. The standard InChI is InChI=1S/C20H28F2N2O4/c1-12(25)27-8-7-14-10-15(13-5-6-16(21)17(22)9-13)18(23)11-24(14)19(26)28-20(2,3)4/h5-6,9,14-15,18H,7-8,10-11,23H2,1-4H3/t14?,15-,18+/m0/s1. The highest BCUT2D eigenvalue weighted by Gasteiger charge is 2.39. The Bertz CT molecular complexity index is 721. The van der Waals surface area contributed by atoms with Crippen molar-refractivity contribution in [2.45, 2.75) is 64.1 Å². The number of ether oxygens (including phenoxy) is 2. The molecule has 0 saturated carbocycles. The fourth-order valence-corrected chi connectivity index (χ4v) is 3.38. The molecule has 3 atom stereocenters. The molecule has 1 fully saturated rings. The van der Waals surface area contributed by atoms with E-state index in [4.69, 9.17) is 15.2 Å². The van der Waals surface area contributed by atoms with Crippen LogP contribution in [0.1, 0.15) is 52.0 Å². The normalized spacial score (nSPS) is 22.7. The first-order valence-electron chi connectivity index (χ1n) is 9.31. The van der Waals surface area contributed by atoms with E-state index >= 15 is 0 Å². The van der Waals surface area contributed by atoms with Crippen molar-refractivity contribution in [3.8, 4) is 0 Å². The van der Waals surface area contributed by atoms with E-state index in [9.17, 15) is 18.4 Å². The van der Waals surface area contributed by atoms with Gasteiger partial charge in [-0.05, 0) is 44.9 Å². The molecule has 1 unspecified atom stereocenters. The first-order valence-corrected chi connectivity index (χ1v) is 9.31. The molecule has 1 aliphatic heterocycles. The first-order chi connectivity index (χ1) is 13.0. The van der Waals surface area contributed by atoms with Crippen LogP contribution in [0.2, 0.25) is 0 Å². The van der Waals surface area contributed by atoms with Gasteiger partial charge in [0.25, 0.3) is 0 Å². The molecule has 1 saturated heterocycles. The van der Waals surface area contributed by atoms with E-state index in [1.807, 2.05) is 0 Å². The van der Waals surface area contributed by atoms with Crippen molar-refractivity contribution in [3.05, 3.63) is 35.4 Å². The molecule has 1 aliphatic rings. The van der Waals surface area contributed by atoms with Crippen LogP contribution in [0.5, 0.6) is 0 Å². The van der Waals surface area contributed by atoms with Crippen molar-refractivity contribution in [3.63, 3.8) is 0 Å². The van der Waals surface area contributed by atoms with Crippen LogP contribution in [0, 0.1) is 11.6 Å². The molecule has 0 aliphatic carbocycles. The largest absolute Gasteiger partial charge is 0.466 e. The summed E-state index contributed by atoms with van der Waals surface area (Å²) in [5.41, 5.74) is 6.19. The molecule has 0 spiro atoms. The molecule has 156 valence electrons. The Kier molecular flexibility index (Phi) is 6.98. The topological polar surface area (TPSA) is 81.9 Å². The molecule has 1 aromatic carbocycles. The van der Waals surface area contributed by atoms with E-state index in [2.05, 4.69) is 0 Å². The number of carbonyl (C=O) groups excluding carboxylic acids is 2. The van der Waals surface area contributed by atoms with Crippen molar-refractivity contribution in [1.82, 2.24) is 4.90 Å². The Labute approximate surface area is 164 Å². The molecule has 1 heterocycles. The fourth-order valence-electron chi connectivity index (χ4n) is 3.38. The van der Waals surface area contributed by atoms with Crippen molar-refractivity contribution in [2.75, 3.05) is 13.2 Å². The molecule has 2 rings (SSSR count). The monoisotopic (exact) mass is 398 g/mol. The maximum Gasteiger partial charge on any atom is 0.410 e. The SMILES string of the molecule is CC(=O)OCCC1C[C@@H](c2ccc(F)c(F)c2)[C@H](N)CN1C(=O)OC(C)(C)C. The summed E-state index contributed by atoms with van der Waals surface area (Å²) in [4.78, 5) is 25.2. The summed E-state index contributed by atoms with van der Waals surface area (Å²) in [7, 11) is 0. The average molecular weight is 398 g/mol. The number of likely N-dealkylation sites (tertiary alicyclic amines) is 1. The van der Waals surface area contributed by atoms with E-state index < -0.39 is 35.3 Å². The lowest BCUT2D eigenvalue weighted by atomic mass is 9.81. The van der Waals surface area contributed by atoms with Gasteiger partial charge >= 0.3 is 12.1 Å². The highest BCUT2D eigenvalue weighted by Crippen LogP contribution is 2.34. The summed E-state index contributed by atoms with van der Waals surface area (Å²) in [5.74, 6) is -2.53.